The lowest BCUT2D eigenvalue weighted by Gasteiger charge is -2.12. The van der Waals surface area contributed by atoms with Crippen molar-refractivity contribution in [3.8, 4) is 5.75 Å². The molecule has 2 aromatic rings. The summed E-state index contributed by atoms with van der Waals surface area (Å²) in [7, 11) is 1.61. The Labute approximate surface area is 116 Å². The number of aryl methyl sites for hydroxylation is 1. The summed E-state index contributed by atoms with van der Waals surface area (Å²) in [5.74, 6) is 0.732. The third-order valence-corrected chi connectivity index (χ3v) is 4.15. The van der Waals surface area contributed by atoms with Gasteiger partial charge in [0.1, 0.15) is 5.75 Å². The Kier molecular flexibility index (Phi) is 4.27. The first-order valence-corrected chi connectivity index (χ1v) is 6.92. The zero-order chi connectivity index (χ0) is 13.1. The van der Waals surface area contributed by atoms with Crippen molar-refractivity contribution in [1.29, 1.82) is 0 Å². The van der Waals surface area contributed by atoms with Gasteiger partial charge in [-0.05, 0) is 35.6 Å². The molecule has 4 heteroatoms. The van der Waals surface area contributed by atoms with Crippen LogP contribution in [0.5, 0.6) is 5.75 Å². The number of rotatable bonds is 4. The number of hydrogen-bond donors (Lipinski definition) is 1. The summed E-state index contributed by atoms with van der Waals surface area (Å²) in [5, 5.41) is 12.8. The maximum atomic E-state index is 10.2. The predicted octanol–water partition coefficient (Wildman–Crippen LogP) is 3.99. The third-order valence-electron chi connectivity index (χ3n) is 2.80. The van der Waals surface area contributed by atoms with Gasteiger partial charge < -0.3 is 9.84 Å². The van der Waals surface area contributed by atoms with Crippen LogP contribution in [0.3, 0.4) is 0 Å². The lowest BCUT2D eigenvalue weighted by Crippen LogP contribution is -2.02. The molecule has 18 heavy (non-hydrogen) atoms. The second-order valence-corrected chi connectivity index (χ2v) is 5.52. The summed E-state index contributed by atoms with van der Waals surface area (Å²) in [5.41, 5.74) is 2.07. The van der Waals surface area contributed by atoms with Gasteiger partial charge in [-0.15, -0.1) is 11.3 Å². The molecule has 1 atom stereocenters. The summed E-state index contributed by atoms with van der Waals surface area (Å²) in [6.07, 6.45) is -0.0872. The predicted molar refractivity (Wildman–Crippen MR) is 75.7 cm³/mol. The van der Waals surface area contributed by atoms with Gasteiger partial charge in [-0.3, -0.25) is 0 Å². The Morgan fingerprint density at radius 1 is 1.39 bits per heavy atom. The molecule has 0 aliphatic heterocycles. The highest BCUT2D eigenvalue weighted by molar-refractivity contribution is 7.10. The van der Waals surface area contributed by atoms with Gasteiger partial charge >= 0.3 is 0 Å². The van der Waals surface area contributed by atoms with Crippen LogP contribution in [-0.4, -0.2) is 12.2 Å². The molecule has 0 amide bonds. The summed E-state index contributed by atoms with van der Waals surface area (Å²) < 4.78 is 5.21. The van der Waals surface area contributed by atoms with E-state index in [0.717, 1.165) is 21.8 Å². The summed E-state index contributed by atoms with van der Waals surface area (Å²) in [4.78, 5) is 0.842. The van der Waals surface area contributed by atoms with Crippen molar-refractivity contribution in [3.05, 3.63) is 50.7 Å². The molecule has 1 aromatic carbocycles. The average Bonchev–Trinajstić information content (AvgIpc) is 2.81. The van der Waals surface area contributed by atoms with E-state index in [1.54, 1.807) is 7.11 Å². The minimum absolute atomic E-state index is 0.496. The van der Waals surface area contributed by atoms with E-state index in [-0.39, 0.29) is 0 Å². The van der Waals surface area contributed by atoms with Crippen molar-refractivity contribution in [1.82, 2.24) is 0 Å². The van der Waals surface area contributed by atoms with Crippen LogP contribution in [-0.2, 0) is 6.42 Å². The molecule has 1 aromatic heterocycles. The molecule has 0 fully saturated rings. The van der Waals surface area contributed by atoms with E-state index in [0.29, 0.717) is 11.4 Å². The van der Waals surface area contributed by atoms with Gasteiger partial charge in [-0.2, -0.15) is 0 Å². The fourth-order valence-corrected chi connectivity index (χ4v) is 3.00. The molecule has 0 radical (unpaired) electrons. The largest absolute Gasteiger partial charge is 0.495 e. The SMILES string of the molecule is COc1ccsc1C(O)Cc1ccc(C)cc1Cl. The molecule has 0 spiro atoms. The first kappa shape index (κ1) is 13.4. The van der Waals surface area contributed by atoms with Crippen molar-refractivity contribution in [3.63, 3.8) is 0 Å². The molecule has 0 saturated carbocycles. The zero-order valence-corrected chi connectivity index (χ0v) is 11.9. The Morgan fingerprint density at radius 3 is 2.83 bits per heavy atom. The molecule has 1 unspecified atom stereocenters. The minimum Gasteiger partial charge on any atom is -0.495 e. The lowest BCUT2D eigenvalue weighted by atomic mass is 10.0. The van der Waals surface area contributed by atoms with Crippen molar-refractivity contribution >= 4 is 22.9 Å². The second-order valence-electron chi connectivity index (χ2n) is 4.17. The van der Waals surface area contributed by atoms with Crippen LogP contribution in [0.4, 0.5) is 0 Å². The van der Waals surface area contributed by atoms with Gasteiger partial charge in [0.15, 0.2) is 0 Å². The van der Waals surface area contributed by atoms with Crippen LogP contribution < -0.4 is 4.74 Å². The van der Waals surface area contributed by atoms with E-state index in [2.05, 4.69) is 0 Å². The average molecular weight is 283 g/mol. The summed E-state index contributed by atoms with van der Waals surface area (Å²) in [6, 6.07) is 7.73. The standard InChI is InChI=1S/C14H15ClO2S/c1-9-3-4-10(11(15)7-9)8-12(16)14-13(17-2)5-6-18-14/h3-7,12,16H,8H2,1-2H3. The molecule has 0 saturated heterocycles. The molecule has 2 rings (SSSR count). The van der Waals surface area contributed by atoms with E-state index >= 15 is 0 Å². The van der Waals surface area contributed by atoms with Gasteiger partial charge in [0, 0.05) is 11.4 Å². The first-order valence-electron chi connectivity index (χ1n) is 5.66. The summed E-state index contributed by atoms with van der Waals surface area (Å²) >= 11 is 7.66. The van der Waals surface area contributed by atoms with E-state index in [1.807, 2.05) is 36.6 Å². The molecule has 1 heterocycles. The number of aliphatic hydroxyl groups excluding tert-OH is 1. The molecule has 2 nitrogen and oxygen atoms in total. The van der Waals surface area contributed by atoms with E-state index in [1.165, 1.54) is 11.3 Å². The van der Waals surface area contributed by atoms with Gasteiger partial charge in [0.2, 0.25) is 0 Å². The number of benzene rings is 1. The molecule has 0 aliphatic carbocycles. The highest BCUT2D eigenvalue weighted by atomic mass is 35.5. The van der Waals surface area contributed by atoms with Gasteiger partial charge in [-0.1, -0.05) is 23.7 Å². The highest BCUT2D eigenvalue weighted by Gasteiger charge is 2.16. The maximum absolute atomic E-state index is 10.2. The summed E-state index contributed by atoms with van der Waals surface area (Å²) in [6.45, 7) is 1.99. The normalized spacial score (nSPS) is 12.4. The minimum atomic E-state index is -0.583. The number of ether oxygens (including phenoxy) is 1. The zero-order valence-electron chi connectivity index (χ0n) is 10.3. The smallest absolute Gasteiger partial charge is 0.135 e. The lowest BCUT2D eigenvalue weighted by molar-refractivity contribution is 0.178. The molecular weight excluding hydrogens is 268 g/mol. The number of thiophene rings is 1. The van der Waals surface area contributed by atoms with Crippen molar-refractivity contribution in [2.75, 3.05) is 7.11 Å². The van der Waals surface area contributed by atoms with E-state index < -0.39 is 6.10 Å². The Morgan fingerprint density at radius 2 is 2.17 bits per heavy atom. The Bertz CT molecular complexity index is 536. The van der Waals surface area contributed by atoms with Gasteiger partial charge in [0.05, 0.1) is 18.1 Å². The number of hydrogen-bond acceptors (Lipinski definition) is 3. The topological polar surface area (TPSA) is 29.5 Å². The Hall–Kier alpha value is -1.03. The van der Waals surface area contributed by atoms with Crippen molar-refractivity contribution in [2.24, 2.45) is 0 Å². The highest BCUT2D eigenvalue weighted by Crippen LogP contribution is 2.33. The maximum Gasteiger partial charge on any atom is 0.135 e. The molecule has 96 valence electrons. The molecule has 0 aliphatic rings. The van der Waals surface area contributed by atoms with Crippen molar-refractivity contribution < 1.29 is 9.84 Å². The van der Waals surface area contributed by atoms with E-state index in [4.69, 9.17) is 16.3 Å². The monoisotopic (exact) mass is 282 g/mol. The van der Waals surface area contributed by atoms with E-state index in [9.17, 15) is 5.11 Å². The van der Waals surface area contributed by atoms with Crippen LogP contribution in [0.15, 0.2) is 29.6 Å². The quantitative estimate of drug-likeness (QED) is 0.919. The Balaban J connectivity index is 2.18. The molecule has 1 N–H and O–H groups in total. The fraction of sp³-hybridized carbons (Fsp3) is 0.286. The van der Waals surface area contributed by atoms with Gasteiger partial charge in [0.25, 0.3) is 0 Å². The molecular formula is C14H15ClO2S. The first-order chi connectivity index (χ1) is 8.61. The molecule has 0 bridgehead atoms. The third kappa shape index (κ3) is 2.86. The number of aliphatic hydroxyl groups is 1. The second kappa shape index (κ2) is 5.74. The number of halogens is 1. The number of methoxy groups -OCH3 is 1. The van der Waals surface area contributed by atoms with Crippen LogP contribution in [0.1, 0.15) is 22.1 Å². The van der Waals surface area contributed by atoms with Crippen LogP contribution in [0, 0.1) is 6.92 Å². The van der Waals surface area contributed by atoms with Crippen LogP contribution in [0.25, 0.3) is 0 Å². The van der Waals surface area contributed by atoms with Gasteiger partial charge in [-0.25, -0.2) is 0 Å². The van der Waals surface area contributed by atoms with Crippen molar-refractivity contribution in [2.45, 2.75) is 19.4 Å². The fourth-order valence-electron chi connectivity index (χ4n) is 1.84. The van der Waals surface area contributed by atoms with Crippen LogP contribution >= 0.6 is 22.9 Å². The van der Waals surface area contributed by atoms with Crippen LogP contribution in [0.2, 0.25) is 5.02 Å².